The fourth-order valence-corrected chi connectivity index (χ4v) is 2.78. The number of esters is 1. The normalized spacial score (nSPS) is 21.6. The summed E-state index contributed by atoms with van der Waals surface area (Å²) in [7, 11) is 3.23. The minimum absolute atomic E-state index is 0.0507. The Morgan fingerprint density at radius 3 is 3.05 bits per heavy atom. The van der Waals surface area contributed by atoms with Crippen LogP contribution >= 0.6 is 0 Å². The van der Waals surface area contributed by atoms with Crippen LogP contribution in [0.3, 0.4) is 0 Å². The molecular formula is C13H18N6O2. The van der Waals surface area contributed by atoms with Gasteiger partial charge >= 0.3 is 5.97 Å². The molecule has 1 aliphatic carbocycles. The van der Waals surface area contributed by atoms with Gasteiger partial charge < -0.3 is 15.8 Å². The molecule has 1 fully saturated rings. The summed E-state index contributed by atoms with van der Waals surface area (Å²) < 4.78 is 6.44. The topological polar surface area (TPSA) is 108 Å². The number of hydrogen-bond donors (Lipinski definition) is 2. The van der Waals surface area contributed by atoms with Crippen LogP contribution in [0.5, 0.6) is 0 Å². The van der Waals surface area contributed by atoms with Crippen LogP contribution in [0, 0.1) is 5.92 Å². The average Bonchev–Trinajstić information content (AvgIpc) is 3.06. The van der Waals surface area contributed by atoms with Crippen molar-refractivity contribution in [3.8, 4) is 0 Å². The summed E-state index contributed by atoms with van der Waals surface area (Å²) in [6.45, 7) is 0. The van der Waals surface area contributed by atoms with Crippen LogP contribution in [0.2, 0.25) is 0 Å². The lowest BCUT2D eigenvalue weighted by Gasteiger charge is -2.13. The lowest BCUT2D eigenvalue weighted by atomic mass is 10.1. The summed E-state index contributed by atoms with van der Waals surface area (Å²) in [6.07, 6.45) is 4.07. The molecule has 1 aliphatic rings. The lowest BCUT2D eigenvalue weighted by molar-refractivity contribution is -0.145. The second kappa shape index (κ2) is 5.19. The molecule has 2 heterocycles. The van der Waals surface area contributed by atoms with Gasteiger partial charge in [-0.05, 0) is 19.3 Å². The molecule has 0 saturated heterocycles. The molecule has 2 aromatic rings. The van der Waals surface area contributed by atoms with Crippen molar-refractivity contribution in [2.45, 2.75) is 25.3 Å². The first-order chi connectivity index (χ1) is 10.1. The van der Waals surface area contributed by atoms with Crippen molar-refractivity contribution >= 4 is 28.8 Å². The number of aromatic nitrogens is 4. The van der Waals surface area contributed by atoms with Crippen molar-refractivity contribution in [1.82, 2.24) is 19.7 Å². The third-order valence-corrected chi connectivity index (χ3v) is 3.92. The molecule has 0 radical (unpaired) electrons. The summed E-state index contributed by atoms with van der Waals surface area (Å²) in [5.74, 6) is 0.671. The molecule has 0 aromatic carbocycles. The maximum absolute atomic E-state index is 11.5. The molecule has 0 unspecified atom stereocenters. The highest BCUT2D eigenvalue weighted by molar-refractivity contribution is 5.86. The summed E-state index contributed by atoms with van der Waals surface area (Å²) in [4.78, 5) is 20.2. The van der Waals surface area contributed by atoms with E-state index in [0.29, 0.717) is 17.4 Å². The number of carbonyl (C=O) groups is 1. The third kappa shape index (κ3) is 2.48. The number of nitrogen functional groups attached to an aromatic ring is 1. The van der Waals surface area contributed by atoms with E-state index in [0.717, 1.165) is 24.6 Å². The van der Waals surface area contributed by atoms with Crippen LogP contribution in [0.15, 0.2) is 6.20 Å². The standard InChI is InChI=1S/C13H18N6O2/c1-19-11-9(6-15-19)10(14)17-13(18-11)16-8-4-3-7(5-8)12(20)21-2/h6-8H,3-5H2,1-2H3,(H3,14,16,17,18)/t7-,8+/m0/s1. The Balaban J connectivity index is 1.77. The van der Waals surface area contributed by atoms with E-state index in [4.69, 9.17) is 10.5 Å². The van der Waals surface area contributed by atoms with Gasteiger partial charge in [0, 0.05) is 13.1 Å². The van der Waals surface area contributed by atoms with Crippen LogP contribution in [0.1, 0.15) is 19.3 Å². The van der Waals surface area contributed by atoms with E-state index in [1.165, 1.54) is 7.11 Å². The van der Waals surface area contributed by atoms with E-state index in [2.05, 4.69) is 20.4 Å². The molecule has 3 N–H and O–H groups in total. The molecule has 1 saturated carbocycles. The predicted octanol–water partition coefficient (Wildman–Crippen LogP) is 0.699. The molecule has 8 heteroatoms. The second-order valence-corrected chi connectivity index (χ2v) is 5.31. The van der Waals surface area contributed by atoms with Gasteiger partial charge in [0.1, 0.15) is 5.82 Å². The molecule has 21 heavy (non-hydrogen) atoms. The SMILES string of the molecule is COC(=O)[C@H]1CC[C@@H](Nc2nc(N)c3cnn(C)c3n2)C1. The van der Waals surface area contributed by atoms with E-state index >= 15 is 0 Å². The Morgan fingerprint density at radius 2 is 2.29 bits per heavy atom. The Labute approximate surface area is 121 Å². The zero-order valence-corrected chi connectivity index (χ0v) is 12.0. The van der Waals surface area contributed by atoms with Crippen molar-refractivity contribution < 1.29 is 9.53 Å². The smallest absolute Gasteiger partial charge is 0.308 e. The third-order valence-electron chi connectivity index (χ3n) is 3.92. The van der Waals surface area contributed by atoms with Crippen molar-refractivity contribution in [1.29, 1.82) is 0 Å². The molecule has 0 spiro atoms. The van der Waals surface area contributed by atoms with E-state index in [9.17, 15) is 4.79 Å². The molecule has 3 rings (SSSR count). The maximum atomic E-state index is 11.5. The van der Waals surface area contributed by atoms with Gasteiger partial charge in [-0.2, -0.15) is 15.1 Å². The quantitative estimate of drug-likeness (QED) is 0.801. The van der Waals surface area contributed by atoms with Gasteiger partial charge in [0.15, 0.2) is 5.65 Å². The van der Waals surface area contributed by atoms with Gasteiger partial charge in [0.2, 0.25) is 5.95 Å². The number of anilines is 2. The number of fused-ring (bicyclic) bond motifs is 1. The number of nitrogens with one attached hydrogen (secondary N) is 1. The largest absolute Gasteiger partial charge is 0.469 e. The number of rotatable bonds is 3. The van der Waals surface area contributed by atoms with Gasteiger partial charge in [-0.15, -0.1) is 0 Å². The van der Waals surface area contributed by atoms with Gasteiger partial charge in [-0.25, -0.2) is 0 Å². The number of aryl methyl sites for hydroxylation is 1. The number of nitrogens with zero attached hydrogens (tertiary/aromatic N) is 4. The molecule has 0 aliphatic heterocycles. The number of ether oxygens (including phenoxy) is 1. The molecule has 112 valence electrons. The summed E-state index contributed by atoms with van der Waals surface area (Å²) in [5.41, 5.74) is 6.61. The maximum Gasteiger partial charge on any atom is 0.308 e. The highest BCUT2D eigenvalue weighted by atomic mass is 16.5. The first kappa shape index (κ1) is 13.6. The molecule has 8 nitrogen and oxygen atoms in total. The van der Waals surface area contributed by atoms with Gasteiger partial charge in [-0.1, -0.05) is 0 Å². The second-order valence-electron chi connectivity index (χ2n) is 5.31. The van der Waals surface area contributed by atoms with Crippen molar-refractivity contribution in [3.05, 3.63) is 6.20 Å². The van der Waals surface area contributed by atoms with E-state index < -0.39 is 0 Å². The summed E-state index contributed by atoms with van der Waals surface area (Å²) in [6, 6.07) is 0.152. The van der Waals surface area contributed by atoms with Crippen molar-refractivity contribution in [2.75, 3.05) is 18.2 Å². The van der Waals surface area contributed by atoms with Crippen molar-refractivity contribution in [2.24, 2.45) is 13.0 Å². The van der Waals surface area contributed by atoms with E-state index in [1.807, 2.05) is 0 Å². The van der Waals surface area contributed by atoms with Gasteiger partial charge in [0.05, 0.1) is 24.6 Å². The lowest BCUT2D eigenvalue weighted by Crippen LogP contribution is -2.20. The fourth-order valence-electron chi connectivity index (χ4n) is 2.78. The first-order valence-electron chi connectivity index (χ1n) is 6.88. The predicted molar refractivity (Wildman–Crippen MR) is 77.5 cm³/mol. The molecule has 0 bridgehead atoms. The number of hydrogen-bond acceptors (Lipinski definition) is 7. The molecular weight excluding hydrogens is 272 g/mol. The average molecular weight is 290 g/mol. The zero-order valence-electron chi connectivity index (χ0n) is 12.0. The van der Waals surface area contributed by atoms with Gasteiger partial charge in [0.25, 0.3) is 0 Å². The highest BCUT2D eigenvalue weighted by Crippen LogP contribution is 2.29. The first-order valence-corrected chi connectivity index (χ1v) is 6.88. The Bertz CT molecular complexity index is 683. The zero-order chi connectivity index (χ0) is 15.0. The molecule has 2 atom stereocenters. The molecule has 0 amide bonds. The monoisotopic (exact) mass is 290 g/mol. The van der Waals surface area contributed by atoms with E-state index in [-0.39, 0.29) is 17.9 Å². The number of carbonyl (C=O) groups excluding carboxylic acids is 1. The van der Waals surface area contributed by atoms with Crippen LogP contribution in [-0.2, 0) is 16.6 Å². The van der Waals surface area contributed by atoms with E-state index in [1.54, 1.807) is 17.9 Å². The summed E-state index contributed by atoms with van der Waals surface area (Å²) in [5, 5.41) is 8.11. The fraction of sp³-hybridized carbons (Fsp3) is 0.538. The van der Waals surface area contributed by atoms with Crippen LogP contribution in [0.4, 0.5) is 11.8 Å². The Kier molecular flexibility index (Phi) is 3.36. The Morgan fingerprint density at radius 1 is 1.48 bits per heavy atom. The van der Waals surface area contributed by atoms with Crippen LogP contribution < -0.4 is 11.1 Å². The van der Waals surface area contributed by atoms with Crippen LogP contribution in [0.25, 0.3) is 11.0 Å². The number of methoxy groups -OCH3 is 1. The minimum atomic E-state index is -0.151. The minimum Gasteiger partial charge on any atom is -0.469 e. The van der Waals surface area contributed by atoms with Crippen LogP contribution in [-0.4, -0.2) is 38.9 Å². The highest BCUT2D eigenvalue weighted by Gasteiger charge is 2.31. The van der Waals surface area contributed by atoms with Crippen molar-refractivity contribution in [3.63, 3.8) is 0 Å². The Hall–Kier alpha value is -2.38. The number of nitrogens with two attached hydrogens (primary N) is 1. The van der Waals surface area contributed by atoms with Gasteiger partial charge in [-0.3, -0.25) is 9.48 Å². The molecule has 2 aromatic heterocycles. The summed E-state index contributed by atoms with van der Waals surface area (Å²) >= 11 is 0.